The molecular weight excluding hydrogens is 366 g/mol. The van der Waals surface area contributed by atoms with Crippen LogP contribution in [0.15, 0.2) is 42.7 Å². The summed E-state index contributed by atoms with van der Waals surface area (Å²) in [6.45, 7) is 4.94. The normalized spacial score (nSPS) is 19.9. The molecule has 8 heteroatoms. The van der Waals surface area contributed by atoms with E-state index in [0.717, 1.165) is 31.0 Å². The van der Waals surface area contributed by atoms with Gasteiger partial charge in [-0.2, -0.15) is 10.2 Å². The summed E-state index contributed by atoms with van der Waals surface area (Å²) in [6, 6.07) is 13.0. The number of hydrogen-bond acceptors (Lipinski definition) is 5. The van der Waals surface area contributed by atoms with E-state index in [9.17, 15) is 4.79 Å². The fourth-order valence-electron chi connectivity index (χ4n) is 4.46. The SMILES string of the molecule is O=C(c1ncn[nH]1)N1CCn2nc(CN3CCC[C@@H](c4ccccc4)C3)cc2C1. The fraction of sp³-hybridized carbons (Fsp3) is 0.429. The molecule has 1 saturated heterocycles. The third kappa shape index (κ3) is 3.80. The maximum Gasteiger partial charge on any atom is 0.291 e. The maximum atomic E-state index is 12.5. The molecule has 3 aromatic rings. The predicted molar refractivity (Wildman–Crippen MR) is 107 cm³/mol. The topological polar surface area (TPSA) is 82.9 Å². The average Bonchev–Trinajstić information content (AvgIpc) is 3.43. The summed E-state index contributed by atoms with van der Waals surface area (Å²) in [7, 11) is 0. The summed E-state index contributed by atoms with van der Waals surface area (Å²) < 4.78 is 2.04. The summed E-state index contributed by atoms with van der Waals surface area (Å²) in [5, 5.41) is 11.2. The lowest BCUT2D eigenvalue weighted by Crippen LogP contribution is -2.38. The molecule has 1 fully saturated rings. The molecule has 0 saturated carbocycles. The number of carbonyl (C=O) groups is 1. The van der Waals surface area contributed by atoms with Gasteiger partial charge in [0.25, 0.3) is 5.91 Å². The number of likely N-dealkylation sites (tertiary alicyclic amines) is 1. The smallest absolute Gasteiger partial charge is 0.291 e. The lowest BCUT2D eigenvalue weighted by Gasteiger charge is -2.32. The van der Waals surface area contributed by atoms with Crippen LogP contribution in [0.25, 0.3) is 0 Å². The van der Waals surface area contributed by atoms with E-state index in [0.29, 0.717) is 31.4 Å². The molecule has 5 rings (SSSR count). The molecular formula is C21H25N7O. The van der Waals surface area contributed by atoms with Crippen LogP contribution in [0.5, 0.6) is 0 Å². The number of H-pyrrole nitrogens is 1. The highest BCUT2D eigenvalue weighted by Gasteiger charge is 2.26. The molecule has 2 aliphatic heterocycles. The van der Waals surface area contributed by atoms with Crippen molar-refractivity contribution in [2.45, 2.75) is 38.4 Å². The van der Waals surface area contributed by atoms with Gasteiger partial charge in [-0.3, -0.25) is 19.5 Å². The Labute approximate surface area is 169 Å². The minimum Gasteiger partial charge on any atom is -0.328 e. The number of piperidine rings is 1. The lowest BCUT2D eigenvalue weighted by atomic mass is 9.90. The van der Waals surface area contributed by atoms with Gasteiger partial charge < -0.3 is 4.90 Å². The number of hydrogen-bond donors (Lipinski definition) is 1. The van der Waals surface area contributed by atoms with E-state index in [1.54, 1.807) is 4.90 Å². The van der Waals surface area contributed by atoms with Gasteiger partial charge in [-0.05, 0) is 36.9 Å². The molecule has 150 valence electrons. The maximum absolute atomic E-state index is 12.5. The number of amides is 1. The van der Waals surface area contributed by atoms with E-state index in [1.807, 2.05) is 4.68 Å². The average molecular weight is 391 g/mol. The van der Waals surface area contributed by atoms with Crippen LogP contribution in [-0.2, 0) is 19.6 Å². The highest BCUT2D eigenvalue weighted by atomic mass is 16.2. The Bertz CT molecular complexity index is 966. The minimum atomic E-state index is -0.113. The second-order valence-electron chi connectivity index (χ2n) is 7.90. The molecule has 0 bridgehead atoms. The van der Waals surface area contributed by atoms with Gasteiger partial charge in [-0.25, -0.2) is 4.98 Å². The zero-order valence-electron chi connectivity index (χ0n) is 16.4. The molecule has 1 aromatic carbocycles. The number of nitrogens with zero attached hydrogens (tertiary/aromatic N) is 6. The number of rotatable bonds is 4. The summed E-state index contributed by atoms with van der Waals surface area (Å²) >= 11 is 0. The number of carbonyl (C=O) groups excluding carboxylic acids is 1. The molecule has 1 atom stereocenters. The van der Waals surface area contributed by atoms with Crippen molar-refractivity contribution in [2.24, 2.45) is 0 Å². The second-order valence-corrected chi connectivity index (χ2v) is 7.90. The van der Waals surface area contributed by atoms with Crippen molar-refractivity contribution in [2.75, 3.05) is 19.6 Å². The van der Waals surface area contributed by atoms with E-state index in [1.165, 1.54) is 24.7 Å². The fourth-order valence-corrected chi connectivity index (χ4v) is 4.46. The second kappa shape index (κ2) is 7.79. The van der Waals surface area contributed by atoms with Crippen molar-refractivity contribution in [3.05, 3.63) is 65.5 Å². The highest BCUT2D eigenvalue weighted by molar-refractivity contribution is 5.90. The first-order valence-corrected chi connectivity index (χ1v) is 10.2. The van der Waals surface area contributed by atoms with Crippen LogP contribution in [0.4, 0.5) is 0 Å². The molecule has 0 spiro atoms. The van der Waals surface area contributed by atoms with E-state index in [-0.39, 0.29) is 5.91 Å². The van der Waals surface area contributed by atoms with Gasteiger partial charge in [-0.15, -0.1) is 0 Å². The Morgan fingerprint density at radius 3 is 2.90 bits per heavy atom. The van der Waals surface area contributed by atoms with Gasteiger partial charge >= 0.3 is 0 Å². The van der Waals surface area contributed by atoms with Gasteiger partial charge in [0, 0.05) is 19.6 Å². The van der Waals surface area contributed by atoms with E-state index >= 15 is 0 Å². The number of nitrogens with one attached hydrogen (secondary N) is 1. The molecule has 0 unspecified atom stereocenters. The first kappa shape index (κ1) is 18.1. The summed E-state index contributed by atoms with van der Waals surface area (Å²) in [6.07, 6.45) is 3.83. The van der Waals surface area contributed by atoms with E-state index < -0.39 is 0 Å². The van der Waals surface area contributed by atoms with Crippen molar-refractivity contribution in [3.63, 3.8) is 0 Å². The van der Waals surface area contributed by atoms with Crippen LogP contribution >= 0.6 is 0 Å². The van der Waals surface area contributed by atoms with Crippen LogP contribution in [0, 0.1) is 0 Å². The Morgan fingerprint density at radius 1 is 1.17 bits per heavy atom. The Kier molecular flexibility index (Phi) is 4.85. The highest BCUT2D eigenvalue weighted by Crippen LogP contribution is 2.27. The van der Waals surface area contributed by atoms with Crippen LogP contribution in [-0.4, -0.2) is 60.3 Å². The molecule has 0 aliphatic carbocycles. The van der Waals surface area contributed by atoms with E-state index in [2.05, 4.69) is 56.5 Å². The molecule has 2 aliphatic rings. The Hall–Kier alpha value is -3.00. The first-order chi connectivity index (χ1) is 14.3. The monoisotopic (exact) mass is 391 g/mol. The first-order valence-electron chi connectivity index (χ1n) is 10.2. The third-order valence-corrected chi connectivity index (χ3v) is 5.92. The number of aromatic amines is 1. The molecule has 1 amide bonds. The molecule has 4 heterocycles. The number of benzene rings is 1. The molecule has 1 N–H and O–H groups in total. The summed E-state index contributed by atoms with van der Waals surface area (Å²) in [5.74, 6) is 0.772. The van der Waals surface area contributed by atoms with Crippen LogP contribution in [0.2, 0.25) is 0 Å². The molecule has 2 aromatic heterocycles. The van der Waals surface area contributed by atoms with Crippen LogP contribution < -0.4 is 0 Å². The Balaban J connectivity index is 1.24. The van der Waals surface area contributed by atoms with Crippen molar-refractivity contribution in [1.82, 2.24) is 34.8 Å². The lowest BCUT2D eigenvalue weighted by molar-refractivity contribution is 0.0694. The standard InChI is InChI=1S/C21H25N7O/c29-21(20-22-15-23-24-20)27-9-10-28-19(14-27)11-18(25-28)13-26-8-4-7-17(12-26)16-5-2-1-3-6-16/h1-3,5-6,11,15,17H,4,7-10,12-14H2,(H,22,23,24)/t17-/m1/s1. The van der Waals surface area contributed by atoms with Crippen molar-refractivity contribution >= 4 is 5.91 Å². The zero-order valence-corrected chi connectivity index (χ0v) is 16.4. The van der Waals surface area contributed by atoms with Crippen molar-refractivity contribution in [3.8, 4) is 0 Å². The predicted octanol–water partition coefficient (Wildman–Crippen LogP) is 2.04. The van der Waals surface area contributed by atoms with Crippen molar-refractivity contribution in [1.29, 1.82) is 0 Å². The van der Waals surface area contributed by atoms with Gasteiger partial charge in [0.05, 0.1) is 24.5 Å². The molecule has 8 nitrogen and oxygen atoms in total. The summed E-state index contributed by atoms with van der Waals surface area (Å²) in [4.78, 5) is 20.8. The quantitative estimate of drug-likeness (QED) is 0.736. The zero-order chi connectivity index (χ0) is 19.6. The Morgan fingerprint density at radius 2 is 2.07 bits per heavy atom. The summed E-state index contributed by atoms with van der Waals surface area (Å²) in [5.41, 5.74) is 3.60. The molecule has 0 radical (unpaired) electrons. The van der Waals surface area contributed by atoms with Gasteiger partial charge in [0.15, 0.2) is 0 Å². The van der Waals surface area contributed by atoms with Gasteiger partial charge in [0.2, 0.25) is 5.82 Å². The van der Waals surface area contributed by atoms with Gasteiger partial charge in [0.1, 0.15) is 6.33 Å². The minimum absolute atomic E-state index is 0.113. The number of aromatic nitrogens is 5. The van der Waals surface area contributed by atoms with Gasteiger partial charge in [-0.1, -0.05) is 30.3 Å². The number of fused-ring (bicyclic) bond motifs is 1. The van der Waals surface area contributed by atoms with Crippen LogP contribution in [0.1, 0.15) is 46.3 Å². The van der Waals surface area contributed by atoms with Crippen LogP contribution in [0.3, 0.4) is 0 Å². The largest absolute Gasteiger partial charge is 0.328 e. The van der Waals surface area contributed by atoms with Crippen molar-refractivity contribution < 1.29 is 4.79 Å². The molecule has 29 heavy (non-hydrogen) atoms. The third-order valence-electron chi connectivity index (χ3n) is 5.92. The van der Waals surface area contributed by atoms with E-state index in [4.69, 9.17) is 5.10 Å².